The molecule has 2 aromatic carbocycles. The van der Waals surface area contributed by atoms with Gasteiger partial charge in [0.05, 0.1) is 18.9 Å². The molecule has 2 N–H and O–H groups in total. The third kappa shape index (κ3) is 5.83. The van der Waals surface area contributed by atoms with Crippen LogP contribution in [0.3, 0.4) is 0 Å². The van der Waals surface area contributed by atoms with E-state index in [2.05, 4.69) is 10.6 Å². The van der Waals surface area contributed by atoms with E-state index in [-0.39, 0.29) is 24.3 Å². The van der Waals surface area contributed by atoms with Gasteiger partial charge in [-0.15, -0.1) is 0 Å². The number of furan rings is 1. The molecule has 188 valence electrons. The second kappa shape index (κ2) is 11.7. The molecule has 0 bridgehead atoms. The Morgan fingerprint density at radius 1 is 1.00 bits per heavy atom. The lowest BCUT2D eigenvalue weighted by molar-refractivity contribution is -0.126. The number of benzene rings is 2. The van der Waals surface area contributed by atoms with E-state index in [0.717, 1.165) is 24.0 Å². The summed E-state index contributed by atoms with van der Waals surface area (Å²) in [6, 6.07) is 17.0. The number of nitrogens with one attached hydrogen (secondary N) is 2. The summed E-state index contributed by atoms with van der Waals surface area (Å²) in [4.78, 5) is 41.3. The Balaban J connectivity index is 1.67. The minimum absolute atomic E-state index is 0.0391. The van der Waals surface area contributed by atoms with Crippen LogP contribution in [0.4, 0.5) is 5.69 Å². The van der Waals surface area contributed by atoms with Gasteiger partial charge >= 0.3 is 0 Å². The van der Waals surface area contributed by atoms with E-state index in [1.807, 2.05) is 62.4 Å². The number of aryl methyl sites for hydroxylation is 1. The summed E-state index contributed by atoms with van der Waals surface area (Å²) < 4.78 is 10.8. The van der Waals surface area contributed by atoms with Crippen LogP contribution in [-0.2, 0) is 14.3 Å². The smallest absolute Gasteiger partial charge is 0.287 e. The Kier molecular flexibility index (Phi) is 8.17. The molecule has 8 nitrogen and oxygen atoms in total. The zero-order chi connectivity index (χ0) is 25.5. The van der Waals surface area contributed by atoms with E-state index in [1.54, 1.807) is 6.07 Å². The van der Waals surface area contributed by atoms with Gasteiger partial charge in [-0.05, 0) is 61.6 Å². The van der Waals surface area contributed by atoms with Crippen molar-refractivity contribution in [2.45, 2.75) is 38.8 Å². The molecule has 0 spiro atoms. The van der Waals surface area contributed by atoms with Crippen LogP contribution >= 0.6 is 0 Å². The van der Waals surface area contributed by atoms with Crippen molar-refractivity contribution in [3.8, 4) is 0 Å². The summed E-state index contributed by atoms with van der Waals surface area (Å²) in [6.07, 6.45) is 3.20. The number of carbonyl (C=O) groups is 3. The SMILES string of the molecule is Cc1cccc(N(C(=O)CNC(=O)c2ccco2)[C@H](C(=O)NC[C@@H]2CCCO2)c2ccccc2)c1C. The normalized spacial score (nSPS) is 15.8. The Morgan fingerprint density at radius 2 is 1.81 bits per heavy atom. The third-order valence-corrected chi connectivity index (χ3v) is 6.40. The van der Waals surface area contributed by atoms with Crippen LogP contribution in [0.2, 0.25) is 0 Å². The van der Waals surface area contributed by atoms with E-state index in [4.69, 9.17) is 9.15 Å². The number of nitrogens with zero attached hydrogens (tertiary/aromatic N) is 1. The van der Waals surface area contributed by atoms with Crippen LogP contribution in [0.15, 0.2) is 71.3 Å². The number of anilines is 1. The van der Waals surface area contributed by atoms with Crippen LogP contribution in [0.1, 0.15) is 46.1 Å². The summed E-state index contributed by atoms with van der Waals surface area (Å²) in [6.45, 7) is 4.61. The molecule has 2 atom stereocenters. The van der Waals surface area contributed by atoms with Crippen molar-refractivity contribution in [1.82, 2.24) is 10.6 Å². The first-order valence-corrected chi connectivity index (χ1v) is 12.1. The van der Waals surface area contributed by atoms with Gasteiger partial charge in [-0.1, -0.05) is 42.5 Å². The van der Waals surface area contributed by atoms with Crippen molar-refractivity contribution in [1.29, 1.82) is 0 Å². The fourth-order valence-corrected chi connectivity index (χ4v) is 4.32. The molecule has 0 radical (unpaired) electrons. The quantitative estimate of drug-likeness (QED) is 0.477. The molecule has 1 aliphatic rings. The Bertz CT molecular complexity index is 1190. The predicted molar refractivity (Wildman–Crippen MR) is 136 cm³/mol. The van der Waals surface area contributed by atoms with Crippen LogP contribution in [-0.4, -0.2) is 43.5 Å². The monoisotopic (exact) mass is 489 g/mol. The fourth-order valence-electron chi connectivity index (χ4n) is 4.32. The number of ether oxygens (including phenoxy) is 1. The first kappa shape index (κ1) is 25.2. The van der Waals surface area contributed by atoms with Gasteiger partial charge < -0.3 is 19.8 Å². The number of hydrogen-bond acceptors (Lipinski definition) is 5. The Hall–Kier alpha value is -3.91. The molecular weight excluding hydrogens is 458 g/mol. The van der Waals surface area contributed by atoms with Crippen molar-refractivity contribution >= 4 is 23.4 Å². The Labute approximate surface area is 210 Å². The molecule has 1 fully saturated rings. The van der Waals surface area contributed by atoms with Crippen LogP contribution in [0.25, 0.3) is 0 Å². The summed E-state index contributed by atoms with van der Waals surface area (Å²) in [5.41, 5.74) is 3.12. The highest BCUT2D eigenvalue weighted by Gasteiger charge is 2.34. The van der Waals surface area contributed by atoms with E-state index in [0.29, 0.717) is 24.4 Å². The number of rotatable bonds is 9. The molecule has 1 saturated heterocycles. The van der Waals surface area contributed by atoms with Gasteiger partial charge in [-0.3, -0.25) is 19.3 Å². The highest BCUT2D eigenvalue weighted by molar-refractivity contribution is 6.04. The number of amides is 3. The van der Waals surface area contributed by atoms with Crippen molar-refractivity contribution in [2.75, 3.05) is 24.6 Å². The Morgan fingerprint density at radius 3 is 2.50 bits per heavy atom. The van der Waals surface area contributed by atoms with Crippen LogP contribution in [0, 0.1) is 13.8 Å². The summed E-state index contributed by atoms with van der Waals surface area (Å²) in [5, 5.41) is 5.61. The minimum atomic E-state index is -0.943. The lowest BCUT2D eigenvalue weighted by Crippen LogP contribution is -2.48. The predicted octanol–water partition coefficient (Wildman–Crippen LogP) is 3.70. The van der Waals surface area contributed by atoms with Gasteiger partial charge in [0.25, 0.3) is 5.91 Å². The molecule has 2 heterocycles. The molecular formula is C28H31N3O5. The zero-order valence-corrected chi connectivity index (χ0v) is 20.5. The van der Waals surface area contributed by atoms with Gasteiger partial charge in [-0.2, -0.15) is 0 Å². The first-order chi connectivity index (χ1) is 17.5. The van der Waals surface area contributed by atoms with Gasteiger partial charge in [0.2, 0.25) is 11.8 Å². The van der Waals surface area contributed by atoms with Crippen molar-refractivity contribution in [3.05, 3.63) is 89.4 Å². The molecule has 8 heteroatoms. The van der Waals surface area contributed by atoms with Gasteiger partial charge in [0.15, 0.2) is 5.76 Å². The molecule has 3 aromatic rings. The number of hydrogen-bond donors (Lipinski definition) is 2. The third-order valence-electron chi connectivity index (χ3n) is 6.40. The fraction of sp³-hybridized carbons (Fsp3) is 0.321. The lowest BCUT2D eigenvalue weighted by Gasteiger charge is -2.33. The van der Waals surface area contributed by atoms with Gasteiger partial charge in [0.1, 0.15) is 6.04 Å². The summed E-state index contributed by atoms with van der Waals surface area (Å²) in [7, 11) is 0. The van der Waals surface area contributed by atoms with Gasteiger partial charge in [-0.25, -0.2) is 0 Å². The molecule has 1 aromatic heterocycles. The number of carbonyl (C=O) groups excluding carboxylic acids is 3. The average Bonchev–Trinajstić information content (AvgIpc) is 3.61. The summed E-state index contributed by atoms with van der Waals surface area (Å²) >= 11 is 0. The second-order valence-corrected chi connectivity index (χ2v) is 8.84. The molecule has 3 amide bonds. The topological polar surface area (TPSA) is 101 Å². The molecule has 0 saturated carbocycles. The first-order valence-electron chi connectivity index (χ1n) is 12.1. The molecule has 4 rings (SSSR count). The minimum Gasteiger partial charge on any atom is -0.459 e. The van der Waals surface area contributed by atoms with E-state index in [1.165, 1.54) is 17.2 Å². The highest BCUT2D eigenvalue weighted by Crippen LogP contribution is 2.32. The molecule has 1 aliphatic heterocycles. The maximum absolute atomic E-state index is 13.7. The molecule has 0 unspecified atom stereocenters. The maximum atomic E-state index is 13.7. The molecule has 36 heavy (non-hydrogen) atoms. The molecule has 0 aliphatic carbocycles. The van der Waals surface area contributed by atoms with Gasteiger partial charge in [0, 0.05) is 18.8 Å². The van der Waals surface area contributed by atoms with E-state index >= 15 is 0 Å². The van der Waals surface area contributed by atoms with Crippen molar-refractivity contribution in [3.63, 3.8) is 0 Å². The van der Waals surface area contributed by atoms with Crippen LogP contribution in [0.5, 0.6) is 0 Å². The lowest BCUT2D eigenvalue weighted by atomic mass is 10.00. The van der Waals surface area contributed by atoms with E-state index < -0.39 is 17.9 Å². The zero-order valence-electron chi connectivity index (χ0n) is 20.5. The largest absolute Gasteiger partial charge is 0.459 e. The van der Waals surface area contributed by atoms with Crippen LogP contribution < -0.4 is 15.5 Å². The highest BCUT2D eigenvalue weighted by atomic mass is 16.5. The standard InChI is InChI=1S/C28H31N3O5/c1-19-9-6-13-23(20(19)2)31(25(32)18-30-27(33)24-14-8-16-36-24)26(21-10-4-3-5-11-21)28(34)29-17-22-12-7-15-35-22/h3-6,8-11,13-14,16,22,26H,7,12,15,17-18H2,1-2H3,(H,29,34)(H,30,33)/t22-,26-/m0/s1. The second-order valence-electron chi connectivity index (χ2n) is 8.84. The van der Waals surface area contributed by atoms with E-state index in [9.17, 15) is 14.4 Å². The maximum Gasteiger partial charge on any atom is 0.287 e. The average molecular weight is 490 g/mol. The summed E-state index contributed by atoms with van der Waals surface area (Å²) in [5.74, 6) is -1.14. The van der Waals surface area contributed by atoms with Crippen molar-refractivity contribution in [2.24, 2.45) is 0 Å². The van der Waals surface area contributed by atoms with Crippen molar-refractivity contribution < 1.29 is 23.5 Å².